The van der Waals surface area contributed by atoms with Crippen LogP contribution >= 0.6 is 0 Å². The molecular weight excluding hydrogens is 191 g/mol. The first-order valence-electron chi connectivity index (χ1n) is 6.34. The lowest BCUT2D eigenvalue weighted by atomic mass is 9.57. The van der Waals surface area contributed by atoms with Gasteiger partial charge in [-0.25, -0.2) is 0 Å². The molecule has 0 aliphatic heterocycles. The van der Waals surface area contributed by atoms with Gasteiger partial charge in [-0.3, -0.25) is 0 Å². The topological polar surface area (TPSA) is 0 Å². The van der Waals surface area contributed by atoms with Crippen molar-refractivity contribution in [2.75, 3.05) is 0 Å². The van der Waals surface area contributed by atoms with E-state index in [1.54, 1.807) is 0 Å². The van der Waals surface area contributed by atoms with Crippen LogP contribution in [0, 0.1) is 18.3 Å². The molecule has 0 nitrogen and oxygen atoms in total. The molecule has 0 saturated heterocycles. The quantitative estimate of drug-likeness (QED) is 0.356. The van der Waals surface area contributed by atoms with Gasteiger partial charge in [0.15, 0.2) is 0 Å². The van der Waals surface area contributed by atoms with Gasteiger partial charge in [0.2, 0.25) is 0 Å². The maximum atomic E-state index is 5.40. The molecule has 1 aliphatic rings. The number of rotatable bonds is 1. The molecule has 0 aromatic rings. The standard InChI is InChI=1S/C15H23B/c1-5-8-14-9-7-10-15(16,12(3)4)11-13(14)6-2/h1,6,8,12H,7,9-11,16H2,2-4H3/b13-6-,14-8-. The van der Waals surface area contributed by atoms with E-state index >= 15 is 0 Å². The minimum Gasteiger partial charge on any atom is -0.115 e. The Hall–Kier alpha value is -0.895. The highest BCUT2D eigenvalue weighted by Gasteiger charge is 2.31. The first kappa shape index (κ1) is 13.2. The molecule has 0 spiro atoms. The summed E-state index contributed by atoms with van der Waals surface area (Å²) in [5.41, 5.74) is 2.85. The smallest absolute Gasteiger partial charge is 0.110 e. The lowest BCUT2D eigenvalue weighted by Gasteiger charge is -2.33. The second-order valence-electron chi connectivity index (χ2n) is 5.49. The molecule has 1 saturated carbocycles. The van der Waals surface area contributed by atoms with Crippen LogP contribution in [0.4, 0.5) is 0 Å². The highest BCUT2D eigenvalue weighted by Crippen LogP contribution is 2.48. The minimum atomic E-state index is 0.437. The predicted octanol–water partition coefficient (Wildman–Crippen LogP) is 3.51. The molecule has 0 amide bonds. The van der Waals surface area contributed by atoms with Crippen LogP contribution in [0.25, 0.3) is 0 Å². The normalized spacial score (nSPS) is 31.7. The first-order chi connectivity index (χ1) is 7.53. The van der Waals surface area contributed by atoms with E-state index in [4.69, 9.17) is 6.42 Å². The molecule has 0 aromatic carbocycles. The average Bonchev–Trinajstić information content (AvgIpc) is 2.40. The van der Waals surface area contributed by atoms with Crippen LogP contribution in [0.15, 0.2) is 23.3 Å². The summed E-state index contributed by atoms with van der Waals surface area (Å²) >= 11 is 0. The zero-order valence-electron chi connectivity index (χ0n) is 11.1. The Morgan fingerprint density at radius 1 is 1.44 bits per heavy atom. The van der Waals surface area contributed by atoms with Gasteiger partial charge < -0.3 is 0 Å². The lowest BCUT2D eigenvalue weighted by Crippen LogP contribution is -2.19. The molecule has 1 rings (SSSR count). The third kappa shape index (κ3) is 2.82. The first-order valence-corrected chi connectivity index (χ1v) is 6.34. The van der Waals surface area contributed by atoms with Gasteiger partial charge in [0.1, 0.15) is 7.85 Å². The summed E-state index contributed by atoms with van der Waals surface area (Å²) in [6.45, 7) is 6.80. The highest BCUT2D eigenvalue weighted by molar-refractivity contribution is 6.15. The van der Waals surface area contributed by atoms with Crippen molar-refractivity contribution in [1.82, 2.24) is 0 Å². The lowest BCUT2D eigenvalue weighted by molar-refractivity contribution is 0.383. The van der Waals surface area contributed by atoms with Crippen LogP contribution < -0.4 is 0 Å². The van der Waals surface area contributed by atoms with Crippen LogP contribution in [0.5, 0.6) is 0 Å². The predicted molar refractivity (Wildman–Crippen MR) is 75.2 cm³/mol. The van der Waals surface area contributed by atoms with Crippen LogP contribution in [-0.2, 0) is 0 Å². The molecule has 1 unspecified atom stereocenters. The Morgan fingerprint density at radius 2 is 2.12 bits per heavy atom. The summed E-state index contributed by atoms with van der Waals surface area (Å²) in [5.74, 6) is 3.41. The molecule has 1 heteroatoms. The van der Waals surface area contributed by atoms with Crippen molar-refractivity contribution < 1.29 is 0 Å². The van der Waals surface area contributed by atoms with Gasteiger partial charge in [-0.1, -0.05) is 37.6 Å². The van der Waals surface area contributed by atoms with Crippen molar-refractivity contribution in [2.45, 2.75) is 51.8 Å². The summed E-state index contributed by atoms with van der Waals surface area (Å²) < 4.78 is 0. The van der Waals surface area contributed by atoms with E-state index in [1.807, 2.05) is 6.08 Å². The molecule has 86 valence electrons. The molecule has 1 aliphatic carbocycles. The molecule has 0 radical (unpaired) electrons. The van der Waals surface area contributed by atoms with E-state index in [-0.39, 0.29) is 0 Å². The summed E-state index contributed by atoms with van der Waals surface area (Å²) in [7, 11) is 2.42. The Morgan fingerprint density at radius 3 is 2.62 bits per heavy atom. The van der Waals surface area contributed by atoms with Crippen molar-refractivity contribution in [1.29, 1.82) is 0 Å². The average molecular weight is 214 g/mol. The van der Waals surface area contributed by atoms with Crippen molar-refractivity contribution >= 4 is 7.85 Å². The number of allylic oxidation sites excluding steroid dienone is 4. The largest absolute Gasteiger partial charge is 0.115 e. The molecular formula is C15H23B. The fourth-order valence-corrected chi connectivity index (χ4v) is 2.53. The van der Waals surface area contributed by atoms with Gasteiger partial charge in [0, 0.05) is 0 Å². The Labute approximate surface area is 102 Å². The monoisotopic (exact) mass is 214 g/mol. The number of hydrogen-bond donors (Lipinski definition) is 0. The van der Waals surface area contributed by atoms with Crippen LogP contribution in [0.3, 0.4) is 0 Å². The van der Waals surface area contributed by atoms with Gasteiger partial charge in [0.25, 0.3) is 0 Å². The van der Waals surface area contributed by atoms with E-state index in [2.05, 4.69) is 40.6 Å². The van der Waals surface area contributed by atoms with Crippen molar-refractivity contribution in [2.24, 2.45) is 5.92 Å². The molecule has 1 atom stereocenters. The third-order valence-electron chi connectivity index (χ3n) is 4.20. The van der Waals surface area contributed by atoms with Crippen LogP contribution in [0.2, 0.25) is 5.31 Å². The molecule has 0 N–H and O–H groups in total. The van der Waals surface area contributed by atoms with E-state index in [1.165, 1.54) is 30.4 Å². The third-order valence-corrected chi connectivity index (χ3v) is 4.20. The van der Waals surface area contributed by atoms with E-state index in [9.17, 15) is 0 Å². The van der Waals surface area contributed by atoms with Gasteiger partial charge in [-0.05, 0) is 49.3 Å². The maximum Gasteiger partial charge on any atom is 0.110 e. The van der Waals surface area contributed by atoms with Crippen molar-refractivity contribution in [3.05, 3.63) is 23.3 Å². The molecule has 16 heavy (non-hydrogen) atoms. The fraction of sp³-hybridized carbons (Fsp3) is 0.600. The zero-order valence-corrected chi connectivity index (χ0v) is 11.1. The zero-order chi connectivity index (χ0) is 12.2. The Bertz CT molecular complexity index is 341. The maximum absolute atomic E-state index is 5.40. The molecule has 1 fully saturated rings. The number of hydrogen-bond acceptors (Lipinski definition) is 0. The van der Waals surface area contributed by atoms with Crippen molar-refractivity contribution in [3.63, 3.8) is 0 Å². The van der Waals surface area contributed by atoms with E-state index in [0.29, 0.717) is 5.31 Å². The fourth-order valence-electron chi connectivity index (χ4n) is 2.53. The van der Waals surface area contributed by atoms with E-state index < -0.39 is 0 Å². The summed E-state index contributed by atoms with van der Waals surface area (Å²) in [6, 6.07) is 0. The minimum absolute atomic E-state index is 0.437. The Balaban J connectivity index is 3.00. The van der Waals surface area contributed by atoms with Crippen LogP contribution in [0.1, 0.15) is 46.5 Å². The van der Waals surface area contributed by atoms with Gasteiger partial charge in [-0.2, -0.15) is 0 Å². The second-order valence-corrected chi connectivity index (χ2v) is 5.49. The van der Waals surface area contributed by atoms with Crippen LogP contribution in [-0.4, -0.2) is 7.85 Å². The SMILES string of the molecule is BC1(C(C)C)CCCC(=C/C#C)/C(=C\C)C1. The molecule has 0 heterocycles. The van der Waals surface area contributed by atoms with Gasteiger partial charge in [-0.15, -0.1) is 6.42 Å². The summed E-state index contributed by atoms with van der Waals surface area (Å²) in [4.78, 5) is 0. The van der Waals surface area contributed by atoms with Gasteiger partial charge >= 0.3 is 0 Å². The molecule has 0 aromatic heterocycles. The molecule has 0 bridgehead atoms. The summed E-state index contributed by atoms with van der Waals surface area (Å²) in [5, 5.41) is 0.437. The Kier molecular flexibility index (Phi) is 4.48. The number of terminal acetylenes is 1. The summed E-state index contributed by atoms with van der Waals surface area (Å²) in [6.07, 6.45) is 14.5. The highest BCUT2D eigenvalue weighted by atomic mass is 14.3. The van der Waals surface area contributed by atoms with Gasteiger partial charge in [0.05, 0.1) is 0 Å². The van der Waals surface area contributed by atoms with Crippen molar-refractivity contribution in [3.8, 4) is 12.3 Å². The second kappa shape index (κ2) is 5.44. The van der Waals surface area contributed by atoms with E-state index in [0.717, 1.165) is 12.3 Å².